The maximum Gasteiger partial charge on any atom is 0.340 e. The number of halogens is 2. The van der Waals surface area contributed by atoms with Crippen molar-refractivity contribution in [1.82, 2.24) is 5.32 Å². The van der Waals surface area contributed by atoms with Crippen molar-refractivity contribution >= 4 is 35.1 Å². The molecule has 1 rings (SSSR count). The summed E-state index contributed by atoms with van der Waals surface area (Å²) in [7, 11) is 0. The van der Waals surface area contributed by atoms with Crippen LogP contribution in [0.1, 0.15) is 37.6 Å². The van der Waals surface area contributed by atoms with E-state index < -0.39 is 5.97 Å². The molecule has 0 radical (unpaired) electrons. The second kappa shape index (κ2) is 6.95. The van der Waals surface area contributed by atoms with Crippen LogP contribution >= 0.6 is 23.2 Å². The number of amides is 1. The van der Waals surface area contributed by atoms with Crippen LogP contribution < -0.4 is 5.32 Å². The molecule has 0 unspecified atom stereocenters. The molecule has 0 aliphatic heterocycles. The number of benzene rings is 1. The van der Waals surface area contributed by atoms with Gasteiger partial charge in [0, 0.05) is 10.6 Å². The predicted octanol–water partition coefficient (Wildman–Crippen LogP) is 3.46. The van der Waals surface area contributed by atoms with E-state index in [9.17, 15) is 9.59 Å². The fraction of sp³-hybridized carbons (Fsp3) is 0.429. The van der Waals surface area contributed by atoms with E-state index >= 15 is 0 Å². The van der Waals surface area contributed by atoms with Crippen LogP contribution in [0.15, 0.2) is 18.2 Å². The van der Waals surface area contributed by atoms with E-state index in [1.54, 1.807) is 0 Å². The van der Waals surface area contributed by atoms with Gasteiger partial charge < -0.3 is 10.1 Å². The van der Waals surface area contributed by atoms with Crippen LogP contribution in [0.5, 0.6) is 0 Å². The third kappa shape index (κ3) is 5.02. The SMILES string of the molecule is CCC(C)(C)NC(=O)COC(=O)c1ccc(Cl)cc1Cl. The minimum absolute atomic E-state index is 0.179. The number of esters is 1. The Morgan fingerprint density at radius 1 is 1.30 bits per heavy atom. The summed E-state index contributed by atoms with van der Waals surface area (Å²) >= 11 is 11.6. The Kier molecular flexibility index (Phi) is 5.84. The molecule has 0 aliphatic rings. The van der Waals surface area contributed by atoms with Gasteiger partial charge in [-0.05, 0) is 38.5 Å². The van der Waals surface area contributed by atoms with Crippen molar-refractivity contribution in [3.63, 3.8) is 0 Å². The summed E-state index contributed by atoms with van der Waals surface area (Å²) in [5.41, 5.74) is -0.153. The number of hydrogen-bond acceptors (Lipinski definition) is 3. The van der Waals surface area contributed by atoms with E-state index in [-0.39, 0.29) is 28.6 Å². The number of hydrogen-bond donors (Lipinski definition) is 1. The van der Waals surface area contributed by atoms with Gasteiger partial charge in [-0.15, -0.1) is 0 Å². The molecule has 1 N–H and O–H groups in total. The van der Waals surface area contributed by atoms with Crippen LogP contribution in [0.25, 0.3) is 0 Å². The lowest BCUT2D eigenvalue weighted by molar-refractivity contribution is -0.125. The van der Waals surface area contributed by atoms with Gasteiger partial charge in [-0.1, -0.05) is 30.1 Å². The monoisotopic (exact) mass is 317 g/mol. The summed E-state index contributed by atoms with van der Waals surface area (Å²) in [6, 6.07) is 4.44. The number of carbonyl (C=O) groups excluding carboxylic acids is 2. The second-order valence-corrected chi connectivity index (χ2v) is 5.83. The lowest BCUT2D eigenvalue weighted by Gasteiger charge is -2.24. The molecule has 0 atom stereocenters. The molecule has 1 aromatic carbocycles. The number of rotatable bonds is 5. The van der Waals surface area contributed by atoms with Gasteiger partial charge in [0.25, 0.3) is 5.91 Å². The Labute approximate surface area is 128 Å². The Balaban J connectivity index is 2.57. The highest BCUT2D eigenvalue weighted by atomic mass is 35.5. The molecule has 1 amide bonds. The van der Waals surface area contributed by atoms with Crippen LogP contribution in [0.2, 0.25) is 10.0 Å². The average molecular weight is 318 g/mol. The first-order chi connectivity index (χ1) is 9.25. The molecular weight excluding hydrogens is 301 g/mol. The van der Waals surface area contributed by atoms with Gasteiger partial charge in [0.1, 0.15) is 0 Å². The summed E-state index contributed by atoms with van der Waals surface area (Å²) in [5, 5.41) is 3.38. The first kappa shape index (κ1) is 16.8. The highest BCUT2D eigenvalue weighted by molar-refractivity contribution is 6.36. The number of nitrogens with one attached hydrogen (secondary N) is 1. The molecule has 6 heteroatoms. The third-order valence-electron chi connectivity index (χ3n) is 2.85. The van der Waals surface area contributed by atoms with E-state index in [0.717, 1.165) is 6.42 Å². The smallest absolute Gasteiger partial charge is 0.340 e. The van der Waals surface area contributed by atoms with Gasteiger partial charge in [-0.3, -0.25) is 4.79 Å². The summed E-state index contributed by atoms with van der Waals surface area (Å²) in [4.78, 5) is 23.4. The van der Waals surface area contributed by atoms with Crippen LogP contribution in [0.4, 0.5) is 0 Å². The zero-order valence-corrected chi connectivity index (χ0v) is 13.1. The van der Waals surface area contributed by atoms with Crippen LogP contribution in [-0.4, -0.2) is 24.0 Å². The molecule has 0 heterocycles. The van der Waals surface area contributed by atoms with Crippen molar-refractivity contribution in [3.05, 3.63) is 33.8 Å². The summed E-state index contributed by atoms with van der Waals surface area (Å²) in [5.74, 6) is -1.01. The largest absolute Gasteiger partial charge is 0.452 e. The molecule has 0 aromatic heterocycles. The second-order valence-electron chi connectivity index (χ2n) is 4.99. The highest BCUT2D eigenvalue weighted by Gasteiger charge is 2.19. The summed E-state index contributed by atoms with van der Waals surface area (Å²) in [6.45, 7) is 5.40. The molecule has 110 valence electrons. The van der Waals surface area contributed by atoms with Gasteiger partial charge >= 0.3 is 5.97 Å². The van der Waals surface area contributed by atoms with E-state index in [2.05, 4.69) is 5.32 Å². The topological polar surface area (TPSA) is 55.4 Å². The molecule has 0 aliphatic carbocycles. The Morgan fingerprint density at radius 3 is 2.50 bits per heavy atom. The fourth-order valence-corrected chi connectivity index (χ4v) is 1.85. The third-order valence-corrected chi connectivity index (χ3v) is 3.39. The van der Waals surface area contributed by atoms with Crippen molar-refractivity contribution < 1.29 is 14.3 Å². The van der Waals surface area contributed by atoms with Gasteiger partial charge in [0.05, 0.1) is 10.6 Å². The quantitative estimate of drug-likeness (QED) is 0.846. The van der Waals surface area contributed by atoms with Crippen molar-refractivity contribution in [2.45, 2.75) is 32.7 Å². The average Bonchev–Trinajstić information content (AvgIpc) is 2.35. The molecule has 20 heavy (non-hydrogen) atoms. The molecule has 0 spiro atoms. The van der Waals surface area contributed by atoms with Gasteiger partial charge in [-0.25, -0.2) is 4.79 Å². The molecule has 0 fully saturated rings. The Morgan fingerprint density at radius 2 is 1.95 bits per heavy atom. The van der Waals surface area contributed by atoms with Gasteiger partial charge in [0.15, 0.2) is 6.61 Å². The van der Waals surface area contributed by atoms with Gasteiger partial charge in [-0.2, -0.15) is 0 Å². The molecular formula is C14H17Cl2NO3. The van der Waals surface area contributed by atoms with E-state index in [1.807, 2.05) is 20.8 Å². The van der Waals surface area contributed by atoms with Gasteiger partial charge in [0.2, 0.25) is 0 Å². The zero-order chi connectivity index (χ0) is 15.3. The number of ether oxygens (including phenoxy) is 1. The zero-order valence-electron chi connectivity index (χ0n) is 11.6. The lowest BCUT2D eigenvalue weighted by atomic mass is 10.0. The lowest BCUT2D eigenvalue weighted by Crippen LogP contribution is -2.44. The minimum atomic E-state index is -0.656. The van der Waals surface area contributed by atoms with E-state index in [1.165, 1.54) is 18.2 Å². The molecule has 4 nitrogen and oxygen atoms in total. The summed E-state index contributed by atoms with van der Waals surface area (Å²) in [6.07, 6.45) is 0.774. The van der Waals surface area contributed by atoms with Crippen LogP contribution in [0.3, 0.4) is 0 Å². The Hall–Kier alpha value is -1.26. The molecule has 0 bridgehead atoms. The van der Waals surface area contributed by atoms with E-state index in [0.29, 0.717) is 5.02 Å². The number of carbonyl (C=O) groups is 2. The van der Waals surface area contributed by atoms with Crippen molar-refractivity contribution in [2.24, 2.45) is 0 Å². The first-order valence-corrected chi connectivity index (χ1v) is 6.94. The predicted molar refractivity (Wildman–Crippen MR) is 79.3 cm³/mol. The van der Waals surface area contributed by atoms with Crippen LogP contribution in [-0.2, 0) is 9.53 Å². The normalized spacial score (nSPS) is 11.1. The molecule has 0 saturated heterocycles. The molecule has 0 saturated carbocycles. The fourth-order valence-electron chi connectivity index (χ4n) is 1.37. The van der Waals surface area contributed by atoms with E-state index in [4.69, 9.17) is 27.9 Å². The first-order valence-electron chi connectivity index (χ1n) is 6.18. The van der Waals surface area contributed by atoms with Crippen molar-refractivity contribution in [3.8, 4) is 0 Å². The maximum atomic E-state index is 11.8. The summed E-state index contributed by atoms with van der Waals surface area (Å²) < 4.78 is 4.92. The Bertz CT molecular complexity index is 515. The van der Waals surface area contributed by atoms with Crippen molar-refractivity contribution in [1.29, 1.82) is 0 Å². The maximum absolute atomic E-state index is 11.8. The van der Waals surface area contributed by atoms with Crippen molar-refractivity contribution in [2.75, 3.05) is 6.61 Å². The van der Waals surface area contributed by atoms with Crippen LogP contribution in [0, 0.1) is 0 Å². The highest BCUT2D eigenvalue weighted by Crippen LogP contribution is 2.21. The molecule has 1 aromatic rings. The standard InChI is InChI=1S/C14H17Cl2NO3/c1-4-14(2,3)17-12(18)8-20-13(19)10-6-5-9(15)7-11(10)16/h5-7H,4,8H2,1-3H3,(H,17,18). The minimum Gasteiger partial charge on any atom is -0.452 e.